The Morgan fingerprint density at radius 1 is 0.958 bits per heavy atom. The van der Waals surface area contributed by atoms with Crippen molar-refractivity contribution in [3.05, 3.63) is 69.7 Å². The summed E-state index contributed by atoms with van der Waals surface area (Å²) in [5.41, 5.74) is 2.65. The zero-order chi connectivity index (χ0) is 16.8. The van der Waals surface area contributed by atoms with Gasteiger partial charge in [0.15, 0.2) is 0 Å². The predicted molar refractivity (Wildman–Crippen MR) is 104 cm³/mol. The highest BCUT2D eigenvalue weighted by Crippen LogP contribution is 2.26. The molecule has 1 fully saturated rings. The molecule has 0 radical (unpaired) electrons. The standard InChI is InChI=1S/C21H25Cl2N/c22-20-10-9-19(21(23)15-20)16-24-13-11-18(12-14-24)8-4-7-17-5-2-1-3-6-17/h1-3,5-6,9-10,15,18H,4,7-8,11-14,16H2. The summed E-state index contributed by atoms with van der Waals surface area (Å²) in [7, 11) is 0. The topological polar surface area (TPSA) is 3.24 Å². The summed E-state index contributed by atoms with van der Waals surface area (Å²) in [5.74, 6) is 0.880. The van der Waals surface area contributed by atoms with Gasteiger partial charge in [0, 0.05) is 16.6 Å². The normalized spacial score (nSPS) is 16.4. The van der Waals surface area contributed by atoms with Crippen molar-refractivity contribution in [1.82, 2.24) is 4.90 Å². The molecule has 0 unspecified atom stereocenters. The van der Waals surface area contributed by atoms with Crippen molar-refractivity contribution in [3.63, 3.8) is 0 Å². The van der Waals surface area contributed by atoms with Crippen LogP contribution in [0.1, 0.15) is 36.8 Å². The first kappa shape index (κ1) is 17.8. The van der Waals surface area contributed by atoms with E-state index in [-0.39, 0.29) is 0 Å². The third kappa shape index (κ3) is 5.24. The zero-order valence-corrected chi connectivity index (χ0v) is 15.6. The Hall–Kier alpha value is -1.02. The van der Waals surface area contributed by atoms with Crippen LogP contribution in [0.3, 0.4) is 0 Å². The van der Waals surface area contributed by atoms with Crippen LogP contribution in [0.5, 0.6) is 0 Å². The smallest absolute Gasteiger partial charge is 0.0465 e. The van der Waals surface area contributed by atoms with E-state index in [1.165, 1.54) is 56.3 Å². The van der Waals surface area contributed by atoms with Gasteiger partial charge in [-0.25, -0.2) is 0 Å². The predicted octanol–water partition coefficient (Wildman–Crippen LogP) is 6.23. The van der Waals surface area contributed by atoms with Crippen molar-refractivity contribution >= 4 is 23.2 Å². The summed E-state index contributed by atoms with van der Waals surface area (Å²) < 4.78 is 0. The fraction of sp³-hybridized carbons (Fsp3) is 0.429. The van der Waals surface area contributed by atoms with E-state index in [1.807, 2.05) is 12.1 Å². The lowest BCUT2D eigenvalue weighted by Gasteiger charge is -2.32. The molecule has 128 valence electrons. The van der Waals surface area contributed by atoms with E-state index >= 15 is 0 Å². The van der Waals surface area contributed by atoms with Gasteiger partial charge in [-0.15, -0.1) is 0 Å². The molecule has 0 amide bonds. The minimum Gasteiger partial charge on any atom is -0.299 e. The number of likely N-dealkylation sites (tertiary alicyclic amines) is 1. The van der Waals surface area contributed by atoms with Gasteiger partial charge in [-0.2, -0.15) is 0 Å². The van der Waals surface area contributed by atoms with E-state index in [2.05, 4.69) is 41.3 Å². The fourth-order valence-electron chi connectivity index (χ4n) is 3.56. The summed E-state index contributed by atoms with van der Waals surface area (Å²) in [6, 6.07) is 16.7. The molecule has 2 aromatic rings. The molecule has 0 spiro atoms. The zero-order valence-electron chi connectivity index (χ0n) is 14.1. The molecule has 24 heavy (non-hydrogen) atoms. The molecule has 1 aliphatic heterocycles. The van der Waals surface area contributed by atoms with Crippen molar-refractivity contribution in [2.75, 3.05) is 13.1 Å². The van der Waals surface area contributed by atoms with Crippen LogP contribution >= 0.6 is 23.2 Å². The summed E-state index contributed by atoms with van der Waals surface area (Å²) >= 11 is 12.3. The van der Waals surface area contributed by atoms with Crippen LogP contribution < -0.4 is 0 Å². The molecule has 0 N–H and O–H groups in total. The highest BCUT2D eigenvalue weighted by atomic mass is 35.5. The second-order valence-corrected chi connectivity index (χ2v) is 7.68. The third-order valence-electron chi connectivity index (χ3n) is 5.04. The molecule has 0 bridgehead atoms. The van der Waals surface area contributed by atoms with Crippen LogP contribution in [-0.4, -0.2) is 18.0 Å². The van der Waals surface area contributed by atoms with Crippen LogP contribution in [0, 0.1) is 5.92 Å². The van der Waals surface area contributed by atoms with Gasteiger partial charge >= 0.3 is 0 Å². The molecule has 0 atom stereocenters. The molecular formula is C21H25Cl2N. The number of rotatable bonds is 6. The highest BCUT2D eigenvalue weighted by Gasteiger charge is 2.19. The molecule has 0 aliphatic carbocycles. The number of benzene rings is 2. The average molecular weight is 362 g/mol. The molecule has 0 saturated carbocycles. The van der Waals surface area contributed by atoms with Gasteiger partial charge in [-0.1, -0.05) is 66.0 Å². The number of hydrogen-bond acceptors (Lipinski definition) is 1. The van der Waals surface area contributed by atoms with Crippen molar-refractivity contribution in [1.29, 1.82) is 0 Å². The Morgan fingerprint density at radius 3 is 2.42 bits per heavy atom. The second kappa shape index (κ2) is 8.89. The quantitative estimate of drug-likeness (QED) is 0.589. The van der Waals surface area contributed by atoms with E-state index in [4.69, 9.17) is 23.2 Å². The Kier molecular flexibility index (Phi) is 6.59. The maximum absolute atomic E-state index is 6.29. The Bertz CT molecular complexity index is 634. The van der Waals surface area contributed by atoms with Crippen molar-refractivity contribution in [3.8, 4) is 0 Å². The van der Waals surface area contributed by atoms with E-state index in [9.17, 15) is 0 Å². The summed E-state index contributed by atoms with van der Waals surface area (Å²) in [6.07, 6.45) is 6.48. The largest absolute Gasteiger partial charge is 0.299 e. The first-order valence-electron chi connectivity index (χ1n) is 8.91. The van der Waals surface area contributed by atoms with Gasteiger partial charge in [0.1, 0.15) is 0 Å². The SMILES string of the molecule is Clc1ccc(CN2CCC(CCCc3ccccc3)CC2)c(Cl)c1. The molecule has 3 heteroatoms. The lowest BCUT2D eigenvalue weighted by molar-refractivity contribution is 0.171. The van der Waals surface area contributed by atoms with E-state index < -0.39 is 0 Å². The van der Waals surface area contributed by atoms with Crippen LogP contribution in [-0.2, 0) is 13.0 Å². The number of halogens is 2. The molecule has 1 heterocycles. The van der Waals surface area contributed by atoms with Crippen LogP contribution in [0.2, 0.25) is 10.0 Å². The average Bonchev–Trinajstić information content (AvgIpc) is 2.60. The molecule has 3 rings (SSSR count). The van der Waals surface area contributed by atoms with Gasteiger partial charge in [0.25, 0.3) is 0 Å². The van der Waals surface area contributed by atoms with Crippen molar-refractivity contribution in [2.24, 2.45) is 5.92 Å². The lowest BCUT2D eigenvalue weighted by atomic mass is 9.90. The van der Waals surface area contributed by atoms with Gasteiger partial charge in [0.2, 0.25) is 0 Å². The van der Waals surface area contributed by atoms with Crippen LogP contribution in [0.4, 0.5) is 0 Å². The van der Waals surface area contributed by atoms with Gasteiger partial charge in [0.05, 0.1) is 0 Å². The van der Waals surface area contributed by atoms with Gasteiger partial charge in [-0.05, 0) is 68.0 Å². The van der Waals surface area contributed by atoms with Crippen molar-refractivity contribution in [2.45, 2.75) is 38.6 Å². The van der Waals surface area contributed by atoms with Crippen LogP contribution in [0.25, 0.3) is 0 Å². The first-order chi connectivity index (χ1) is 11.7. The molecule has 1 nitrogen and oxygen atoms in total. The Labute approximate surface area is 155 Å². The Morgan fingerprint density at radius 2 is 1.71 bits per heavy atom. The van der Waals surface area contributed by atoms with Crippen molar-refractivity contribution < 1.29 is 0 Å². The molecule has 1 saturated heterocycles. The van der Waals surface area contributed by atoms with Gasteiger partial charge < -0.3 is 0 Å². The summed E-state index contributed by atoms with van der Waals surface area (Å²) in [4.78, 5) is 2.52. The van der Waals surface area contributed by atoms with E-state index in [0.29, 0.717) is 5.02 Å². The first-order valence-corrected chi connectivity index (χ1v) is 9.66. The molecular weight excluding hydrogens is 337 g/mol. The highest BCUT2D eigenvalue weighted by molar-refractivity contribution is 6.35. The maximum atomic E-state index is 6.29. The number of aryl methyl sites for hydroxylation is 1. The van der Waals surface area contributed by atoms with E-state index in [0.717, 1.165) is 17.5 Å². The summed E-state index contributed by atoms with van der Waals surface area (Å²) in [6.45, 7) is 3.29. The third-order valence-corrected chi connectivity index (χ3v) is 5.62. The maximum Gasteiger partial charge on any atom is 0.0465 e. The molecule has 0 aromatic heterocycles. The van der Waals surface area contributed by atoms with E-state index in [1.54, 1.807) is 0 Å². The molecule has 2 aromatic carbocycles. The number of nitrogens with zero attached hydrogens (tertiary/aromatic N) is 1. The molecule has 1 aliphatic rings. The van der Waals surface area contributed by atoms with Gasteiger partial charge in [-0.3, -0.25) is 4.90 Å². The van der Waals surface area contributed by atoms with Crippen LogP contribution in [0.15, 0.2) is 48.5 Å². The monoisotopic (exact) mass is 361 g/mol. The Balaban J connectivity index is 1.39. The summed E-state index contributed by atoms with van der Waals surface area (Å²) in [5, 5.41) is 1.49. The lowest BCUT2D eigenvalue weighted by Crippen LogP contribution is -2.33. The fourth-order valence-corrected chi connectivity index (χ4v) is 4.03. The number of piperidine rings is 1. The second-order valence-electron chi connectivity index (χ2n) is 6.83. The number of hydrogen-bond donors (Lipinski definition) is 0. The minimum atomic E-state index is 0.709. The minimum absolute atomic E-state index is 0.709.